The van der Waals surface area contributed by atoms with Gasteiger partial charge < -0.3 is 0 Å². The van der Waals surface area contributed by atoms with E-state index in [0.717, 1.165) is 24.6 Å². The van der Waals surface area contributed by atoms with Gasteiger partial charge in [-0.25, -0.2) is 4.79 Å². The Labute approximate surface area is 70.0 Å². The summed E-state index contributed by atoms with van der Waals surface area (Å²) in [7, 11) is 0. The van der Waals surface area contributed by atoms with Gasteiger partial charge in [-0.3, -0.25) is 9.51 Å². The summed E-state index contributed by atoms with van der Waals surface area (Å²) >= 11 is 0. The minimum absolute atomic E-state index is 0.409. The quantitative estimate of drug-likeness (QED) is 0.686. The summed E-state index contributed by atoms with van der Waals surface area (Å²) in [6.07, 6.45) is 3.45. The maximum absolute atomic E-state index is 10.6. The molecule has 0 aliphatic heterocycles. The van der Waals surface area contributed by atoms with E-state index in [0.29, 0.717) is 5.92 Å². The topological polar surface area (TPSA) is 58.9 Å². The molecule has 12 heavy (non-hydrogen) atoms. The van der Waals surface area contributed by atoms with Gasteiger partial charge in [0.25, 0.3) is 0 Å². The highest BCUT2D eigenvalue weighted by molar-refractivity contribution is 4.96. The lowest BCUT2D eigenvalue weighted by Crippen LogP contribution is -2.00. The molecule has 1 heterocycles. The highest BCUT2D eigenvalue weighted by atomic mass is 16.5. The van der Waals surface area contributed by atoms with E-state index < -0.39 is 5.76 Å². The molecule has 1 aliphatic carbocycles. The van der Waals surface area contributed by atoms with Crippen molar-refractivity contribution in [2.24, 2.45) is 5.92 Å². The minimum Gasteiger partial charge on any atom is -0.296 e. The molecule has 0 bridgehead atoms. The lowest BCUT2D eigenvalue weighted by molar-refractivity contribution is 0.376. The fourth-order valence-electron chi connectivity index (χ4n) is 1.87. The molecular formula is C8H12N2O2. The molecule has 0 saturated heterocycles. The second-order valence-electron chi connectivity index (χ2n) is 3.60. The van der Waals surface area contributed by atoms with Crippen molar-refractivity contribution < 1.29 is 4.52 Å². The minimum atomic E-state index is -0.440. The van der Waals surface area contributed by atoms with Crippen LogP contribution in [-0.4, -0.2) is 10.1 Å². The van der Waals surface area contributed by atoms with E-state index in [1.807, 2.05) is 0 Å². The molecule has 0 spiro atoms. The van der Waals surface area contributed by atoms with Crippen molar-refractivity contribution in [3.63, 3.8) is 0 Å². The van der Waals surface area contributed by atoms with Gasteiger partial charge in [0.1, 0.15) is 0 Å². The molecule has 4 nitrogen and oxygen atoms in total. The number of aromatic nitrogens is 2. The van der Waals surface area contributed by atoms with Crippen molar-refractivity contribution in [3.05, 3.63) is 16.4 Å². The lowest BCUT2D eigenvalue weighted by Gasteiger charge is -2.01. The van der Waals surface area contributed by atoms with E-state index in [1.54, 1.807) is 0 Å². The molecule has 1 aromatic heterocycles. The Bertz CT molecular complexity index is 315. The molecule has 0 aromatic carbocycles. The summed E-state index contributed by atoms with van der Waals surface area (Å²) < 4.78 is 4.45. The predicted octanol–water partition coefficient (Wildman–Crippen LogP) is 1.27. The number of hydrogen-bond acceptors (Lipinski definition) is 3. The molecule has 2 atom stereocenters. The fraction of sp³-hybridized carbons (Fsp3) is 0.750. The summed E-state index contributed by atoms with van der Waals surface area (Å²) in [5.74, 6) is 1.44. The van der Waals surface area contributed by atoms with Crippen LogP contribution in [0.2, 0.25) is 0 Å². The fourth-order valence-corrected chi connectivity index (χ4v) is 1.87. The van der Waals surface area contributed by atoms with E-state index >= 15 is 0 Å². The summed E-state index contributed by atoms with van der Waals surface area (Å²) in [6, 6.07) is 0. The third kappa shape index (κ3) is 1.29. The summed E-state index contributed by atoms with van der Waals surface area (Å²) in [5.41, 5.74) is 0. The van der Waals surface area contributed by atoms with Gasteiger partial charge in [0.05, 0.1) is 0 Å². The first kappa shape index (κ1) is 7.58. The molecule has 1 fully saturated rings. The van der Waals surface area contributed by atoms with Crippen LogP contribution in [0.4, 0.5) is 0 Å². The molecule has 0 amide bonds. The second kappa shape index (κ2) is 2.77. The monoisotopic (exact) mass is 168 g/mol. The van der Waals surface area contributed by atoms with Gasteiger partial charge in [0.2, 0.25) is 0 Å². The first-order valence-corrected chi connectivity index (χ1v) is 4.31. The van der Waals surface area contributed by atoms with Crippen molar-refractivity contribution in [2.45, 2.75) is 32.1 Å². The number of aromatic amines is 1. The Kier molecular flexibility index (Phi) is 1.75. The summed E-state index contributed by atoms with van der Waals surface area (Å²) in [6.45, 7) is 2.22. The Morgan fingerprint density at radius 3 is 2.92 bits per heavy atom. The van der Waals surface area contributed by atoms with Crippen molar-refractivity contribution >= 4 is 0 Å². The maximum atomic E-state index is 10.6. The van der Waals surface area contributed by atoms with E-state index in [9.17, 15) is 4.79 Å². The number of nitrogens with zero attached hydrogens (tertiary/aromatic N) is 1. The van der Waals surface area contributed by atoms with Crippen LogP contribution in [0.25, 0.3) is 0 Å². The van der Waals surface area contributed by atoms with E-state index in [4.69, 9.17) is 0 Å². The number of H-pyrrole nitrogens is 1. The van der Waals surface area contributed by atoms with Crippen LogP contribution in [0.1, 0.15) is 37.9 Å². The van der Waals surface area contributed by atoms with E-state index in [1.165, 1.54) is 6.42 Å². The van der Waals surface area contributed by atoms with Gasteiger partial charge in [0, 0.05) is 5.92 Å². The van der Waals surface area contributed by atoms with Crippen LogP contribution in [0.5, 0.6) is 0 Å². The van der Waals surface area contributed by atoms with Crippen molar-refractivity contribution in [1.29, 1.82) is 0 Å². The zero-order chi connectivity index (χ0) is 8.55. The molecule has 2 unspecified atom stereocenters. The van der Waals surface area contributed by atoms with Gasteiger partial charge in [-0.2, -0.15) is 0 Å². The van der Waals surface area contributed by atoms with Crippen LogP contribution < -0.4 is 5.76 Å². The summed E-state index contributed by atoms with van der Waals surface area (Å²) in [5, 5.41) is 3.69. The zero-order valence-electron chi connectivity index (χ0n) is 7.04. The molecule has 2 rings (SSSR count). The van der Waals surface area contributed by atoms with E-state index in [2.05, 4.69) is 21.6 Å². The Balaban J connectivity index is 2.16. The molecule has 1 aromatic rings. The van der Waals surface area contributed by atoms with Crippen molar-refractivity contribution in [2.75, 3.05) is 0 Å². The van der Waals surface area contributed by atoms with Gasteiger partial charge >= 0.3 is 5.76 Å². The van der Waals surface area contributed by atoms with Gasteiger partial charge in [0.15, 0.2) is 5.82 Å². The molecule has 66 valence electrons. The second-order valence-corrected chi connectivity index (χ2v) is 3.60. The highest BCUT2D eigenvalue weighted by Crippen LogP contribution is 2.35. The number of nitrogens with one attached hydrogen (secondary N) is 1. The Morgan fingerprint density at radius 2 is 2.42 bits per heavy atom. The van der Waals surface area contributed by atoms with Crippen molar-refractivity contribution in [1.82, 2.24) is 10.1 Å². The molecule has 0 radical (unpaired) electrons. The number of rotatable bonds is 1. The molecular weight excluding hydrogens is 156 g/mol. The van der Waals surface area contributed by atoms with E-state index in [-0.39, 0.29) is 0 Å². The maximum Gasteiger partial charge on any atom is 0.438 e. The highest BCUT2D eigenvalue weighted by Gasteiger charge is 2.25. The lowest BCUT2D eigenvalue weighted by atomic mass is 10.1. The SMILES string of the molecule is CC1CCC(c2noc(=O)[nH]2)C1. The van der Waals surface area contributed by atoms with Crippen LogP contribution in [-0.2, 0) is 0 Å². The molecule has 4 heteroatoms. The molecule has 1 N–H and O–H groups in total. The van der Waals surface area contributed by atoms with Gasteiger partial charge in [-0.1, -0.05) is 12.1 Å². The van der Waals surface area contributed by atoms with Gasteiger partial charge in [-0.15, -0.1) is 0 Å². The molecule has 1 saturated carbocycles. The van der Waals surface area contributed by atoms with Crippen LogP contribution in [0.15, 0.2) is 9.32 Å². The number of hydrogen-bond donors (Lipinski definition) is 1. The smallest absolute Gasteiger partial charge is 0.296 e. The average Bonchev–Trinajstić information content (AvgIpc) is 2.58. The van der Waals surface area contributed by atoms with Crippen LogP contribution in [0.3, 0.4) is 0 Å². The van der Waals surface area contributed by atoms with Crippen molar-refractivity contribution in [3.8, 4) is 0 Å². The Morgan fingerprint density at radius 1 is 1.58 bits per heavy atom. The largest absolute Gasteiger partial charge is 0.438 e. The van der Waals surface area contributed by atoms with Crippen LogP contribution >= 0.6 is 0 Å². The zero-order valence-corrected chi connectivity index (χ0v) is 7.04. The third-order valence-corrected chi connectivity index (χ3v) is 2.54. The standard InChI is InChI=1S/C8H12N2O2/c1-5-2-3-6(4-5)7-9-8(11)12-10-7/h5-6H,2-4H2,1H3,(H,9,10,11). The first-order chi connectivity index (χ1) is 5.75. The summed E-state index contributed by atoms with van der Waals surface area (Å²) in [4.78, 5) is 13.2. The first-order valence-electron chi connectivity index (χ1n) is 4.31. The molecule has 1 aliphatic rings. The van der Waals surface area contributed by atoms with Gasteiger partial charge in [-0.05, 0) is 25.2 Å². The predicted molar refractivity (Wildman–Crippen MR) is 42.9 cm³/mol. The third-order valence-electron chi connectivity index (χ3n) is 2.54. The normalized spacial score (nSPS) is 29.4. The average molecular weight is 168 g/mol. The Hall–Kier alpha value is -1.06. The van der Waals surface area contributed by atoms with Crippen LogP contribution in [0, 0.1) is 5.92 Å².